The van der Waals surface area contributed by atoms with E-state index in [0.29, 0.717) is 6.04 Å². The quantitative estimate of drug-likeness (QED) is 0.901. The minimum absolute atomic E-state index is 0.645. The van der Waals surface area contributed by atoms with Gasteiger partial charge in [0.2, 0.25) is 0 Å². The molecule has 0 spiro atoms. The van der Waals surface area contributed by atoms with E-state index in [1.165, 1.54) is 25.7 Å². The lowest BCUT2D eigenvalue weighted by Gasteiger charge is -2.20. The molecule has 1 saturated carbocycles. The Kier molecular flexibility index (Phi) is 3.62. The summed E-state index contributed by atoms with van der Waals surface area (Å²) >= 11 is 3.44. The zero-order valence-corrected chi connectivity index (χ0v) is 10.6. The molecule has 1 fully saturated rings. The lowest BCUT2D eigenvalue weighted by atomic mass is 10.0. The average molecular weight is 269 g/mol. The first kappa shape index (κ1) is 10.9. The topological polar surface area (TPSA) is 24.9 Å². The minimum Gasteiger partial charge on any atom is -0.381 e. The van der Waals surface area contributed by atoms with Gasteiger partial charge < -0.3 is 5.32 Å². The largest absolute Gasteiger partial charge is 0.381 e. The summed E-state index contributed by atoms with van der Waals surface area (Å²) in [4.78, 5) is 4.17. The number of anilines is 1. The van der Waals surface area contributed by atoms with E-state index in [9.17, 15) is 0 Å². The Labute approximate surface area is 99.6 Å². The molecular formula is C12H17BrN2. The van der Waals surface area contributed by atoms with Crippen molar-refractivity contribution in [2.24, 2.45) is 5.92 Å². The number of pyridine rings is 1. The van der Waals surface area contributed by atoms with E-state index in [1.807, 2.05) is 12.4 Å². The third kappa shape index (κ3) is 2.71. The van der Waals surface area contributed by atoms with Gasteiger partial charge in [-0.15, -0.1) is 0 Å². The van der Waals surface area contributed by atoms with Gasteiger partial charge in [0.15, 0.2) is 0 Å². The molecule has 3 heteroatoms. The first-order chi connectivity index (χ1) is 7.29. The van der Waals surface area contributed by atoms with Gasteiger partial charge in [0.1, 0.15) is 0 Å². The van der Waals surface area contributed by atoms with Crippen LogP contribution < -0.4 is 5.32 Å². The molecule has 1 heterocycles. The van der Waals surface area contributed by atoms with E-state index in [2.05, 4.69) is 39.2 Å². The number of nitrogens with zero attached hydrogens (tertiary/aromatic N) is 1. The van der Waals surface area contributed by atoms with Crippen molar-refractivity contribution in [2.75, 3.05) is 5.32 Å². The van der Waals surface area contributed by atoms with Gasteiger partial charge in [-0.3, -0.25) is 4.98 Å². The minimum atomic E-state index is 0.645. The Balaban J connectivity index is 2.02. The molecule has 1 N–H and O–H groups in total. The fourth-order valence-corrected chi connectivity index (χ4v) is 2.79. The third-order valence-corrected chi connectivity index (χ3v) is 3.67. The predicted octanol–water partition coefficient (Wildman–Crippen LogP) is 3.83. The molecule has 0 radical (unpaired) electrons. The van der Waals surface area contributed by atoms with Crippen LogP contribution in [0.2, 0.25) is 0 Å². The van der Waals surface area contributed by atoms with Crippen LogP contribution in [0, 0.1) is 5.92 Å². The van der Waals surface area contributed by atoms with Crippen molar-refractivity contribution < 1.29 is 0 Å². The molecule has 0 saturated heterocycles. The van der Waals surface area contributed by atoms with Crippen LogP contribution in [0.1, 0.15) is 32.6 Å². The molecule has 0 amide bonds. The highest BCUT2D eigenvalue weighted by molar-refractivity contribution is 9.10. The molecule has 1 aliphatic rings. The van der Waals surface area contributed by atoms with E-state index < -0.39 is 0 Å². The van der Waals surface area contributed by atoms with Crippen molar-refractivity contribution in [3.63, 3.8) is 0 Å². The van der Waals surface area contributed by atoms with Crippen LogP contribution in [-0.2, 0) is 0 Å². The molecule has 2 nitrogen and oxygen atoms in total. The van der Waals surface area contributed by atoms with E-state index in [4.69, 9.17) is 0 Å². The molecule has 0 aliphatic heterocycles. The van der Waals surface area contributed by atoms with Crippen LogP contribution in [0.4, 0.5) is 5.69 Å². The number of rotatable bonds is 3. The zero-order valence-electron chi connectivity index (χ0n) is 9.04. The van der Waals surface area contributed by atoms with Crippen molar-refractivity contribution in [1.82, 2.24) is 4.98 Å². The second kappa shape index (κ2) is 4.97. The van der Waals surface area contributed by atoms with Crippen LogP contribution in [0.15, 0.2) is 22.9 Å². The van der Waals surface area contributed by atoms with Crippen LogP contribution in [0.3, 0.4) is 0 Å². The molecule has 0 bridgehead atoms. The number of nitrogens with one attached hydrogen (secondary N) is 1. The Morgan fingerprint density at radius 1 is 1.47 bits per heavy atom. The normalized spacial score (nSPS) is 25.5. The maximum Gasteiger partial charge on any atom is 0.0540 e. The Bertz CT molecular complexity index is 327. The Hall–Kier alpha value is -0.570. The molecule has 15 heavy (non-hydrogen) atoms. The standard InChI is InChI=1S/C12H17BrN2/c1-2-9-4-3-5-12(9)15-11-6-10(13)7-14-8-11/h6-9,12,15H,2-5H2,1H3. The van der Waals surface area contributed by atoms with Crippen LogP contribution in [0.25, 0.3) is 0 Å². The highest BCUT2D eigenvalue weighted by Gasteiger charge is 2.25. The van der Waals surface area contributed by atoms with Gasteiger partial charge in [0.25, 0.3) is 0 Å². The Morgan fingerprint density at radius 2 is 2.33 bits per heavy atom. The number of halogens is 1. The SMILES string of the molecule is CCC1CCCC1Nc1cncc(Br)c1. The molecular weight excluding hydrogens is 252 g/mol. The second-order valence-electron chi connectivity index (χ2n) is 4.24. The van der Waals surface area contributed by atoms with Gasteiger partial charge >= 0.3 is 0 Å². The summed E-state index contributed by atoms with van der Waals surface area (Å²) in [7, 11) is 0. The summed E-state index contributed by atoms with van der Waals surface area (Å²) in [5, 5.41) is 3.59. The summed E-state index contributed by atoms with van der Waals surface area (Å²) in [6, 6.07) is 2.74. The maximum atomic E-state index is 4.17. The molecule has 0 aromatic carbocycles. The summed E-state index contributed by atoms with van der Waals surface area (Å²) in [6.45, 7) is 2.28. The van der Waals surface area contributed by atoms with E-state index in [1.54, 1.807) is 0 Å². The summed E-state index contributed by atoms with van der Waals surface area (Å²) in [5.74, 6) is 0.837. The highest BCUT2D eigenvalue weighted by atomic mass is 79.9. The van der Waals surface area contributed by atoms with Crippen LogP contribution in [-0.4, -0.2) is 11.0 Å². The van der Waals surface area contributed by atoms with Gasteiger partial charge in [-0.05, 0) is 40.8 Å². The van der Waals surface area contributed by atoms with Gasteiger partial charge in [0, 0.05) is 16.7 Å². The van der Waals surface area contributed by atoms with Gasteiger partial charge in [-0.25, -0.2) is 0 Å². The van der Waals surface area contributed by atoms with E-state index in [0.717, 1.165) is 16.1 Å². The van der Waals surface area contributed by atoms with Crippen molar-refractivity contribution >= 4 is 21.6 Å². The second-order valence-corrected chi connectivity index (χ2v) is 5.16. The summed E-state index contributed by atoms with van der Waals surface area (Å²) in [6.07, 6.45) is 9.02. The monoisotopic (exact) mass is 268 g/mol. The summed E-state index contributed by atoms with van der Waals surface area (Å²) < 4.78 is 1.04. The third-order valence-electron chi connectivity index (χ3n) is 3.24. The number of hydrogen-bond donors (Lipinski definition) is 1. The number of aromatic nitrogens is 1. The molecule has 2 rings (SSSR count). The van der Waals surface area contributed by atoms with Gasteiger partial charge in [-0.2, -0.15) is 0 Å². The first-order valence-corrected chi connectivity index (χ1v) is 6.46. The smallest absolute Gasteiger partial charge is 0.0540 e. The lowest BCUT2D eigenvalue weighted by molar-refractivity contribution is 0.489. The van der Waals surface area contributed by atoms with Crippen molar-refractivity contribution in [3.8, 4) is 0 Å². The average Bonchev–Trinajstić information content (AvgIpc) is 2.65. The molecule has 1 aromatic rings. The summed E-state index contributed by atoms with van der Waals surface area (Å²) in [5.41, 5.74) is 1.13. The van der Waals surface area contributed by atoms with Crippen molar-refractivity contribution in [1.29, 1.82) is 0 Å². The van der Waals surface area contributed by atoms with Crippen molar-refractivity contribution in [2.45, 2.75) is 38.6 Å². The lowest BCUT2D eigenvalue weighted by Crippen LogP contribution is -2.23. The molecule has 1 aromatic heterocycles. The van der Waals surface area contributed by atoms with Gasteiger partial charge in [0.05, 0.1) is 11.9 Å². The van der Waals surface area contributed by atoms with Crippen molar-refractivity contribution in [3.05, 3.63) is 22.9 Å². The highest BCUT2D eigenvalue weighted by Crippen LogP contribution is 2.30. The predicted molar refractivity (Wildman–Crippen MR) is 67.0 cm³/mol. The molecule has 1 aliphatic carbocycles. The van der Waals surface area contributed by atoms with E-state index >= 15 is 0 Å². The van der Waals surface area contributed by atoms with Crippen LogP contribution >= 0.6 is 15.9 Å². The molecule has 82 valence electrons. The molecule has 2 atom stereocenters. The fraction of sp³-hybridized carbons (Fsp3) is 0.583. The maximum absolute atomic E-state index is 4.17. The van der Waals surface area contributed by atoms with Crippen LogP contribution in [0.5, 0.6) is 0 Å². The molecule has 2 unspecified atom stereocenters. The fourth-order valence-electron chi connectivity index (χ4n) is 2.42. The van der Waals surface area contributed by atoms with Gasteiger partial charge in [-0.1, -0.05) is 19.8 Å². The Morgan fingerprint density at radius 3 is 3.07 bits per heavy atom. The number of hydrogen-bond acceptors (Lipinski definition) is 2. The first-order valence-electron chi connectivity index (χ1n) is 5.66. The van der Waals surface area contributed by atoms with E-state index in [-0.39, 0.29) is 0 Å². The zero-order chi connectivity index (χ0) is 10.7.